The molecule has 0 aromatic heterocycles. The zero-order valence-electron chi connectivity index (χ0n) is 10.5. The van der Waals surface area contributed by atoms with Gasteiger partial charge in [-0.05, 0) is 24.5 Å². The molecular weight excluding hydrogens is 245 g/mol. The van der Waals surface area contributed by atoms with Gasteiger partial charge in [-0.2, -0.15) is 13.2 Å². The van der Waals surface area contributed by atoms with E-state index >= 15 is 0 Å². The van der Waals surface area contributed by atoms with Gasteiger partial charge in [0.05, 0.1) is 6.61 Å². The quantitative estimate of drug-likeness (QED) is 0.770. The maximum absolute atomic E-state index is 12.3. The number of hydrogen-bond donors (Lipinski definition) is 0. The van der Waals surface area contributed by atoms with Crippen molar-refractivity contribution in [3.05, 3.63) is 29.3 Å². The highest BCUT2D eigenvalue weighted by molar-refractivity contribution is 6.00. The number of halogens is 3. The van der Waals surface area contributed by atoms with E-state index in [0.717, 1.165) is 12.1 Å². The average molecular weight is 260 g/mol. The number of alkyl halides is 3. The van der Waals surface area contributed by atoms with Gasteiger partial charge in [-0.15, -0.1) is 0 Å². The molecule has 0 unspecified atom stereocenters. The highest BCUT2D eigenvalue weighted by atomic mass is 19.4. The molecule has 0 heterocycles. The number of ketones is 1. The van der Waals surface area contributed by atoms with Crippen molar-refractivity contribution in [3.8, 4) is 5.75 Å². The fourth-order valence-corrected chi connectivity index (χ4v) is 1.32. The molecular formula is C13H15F3O2. The number of hydrogen-bond acceptors (Lipinski definition) is 2. The summed E-state index contributed by atoms with van der Waals surface area (Å²) in [7, 11) is 0. The Morgan fingerprint density at radius 3 is 2.44 bits per heavy atom. The van der Waals surface area contributed by atoms with E-state index in [-0.39, 0.29) is 5.92 Å². The minimum absolute atomic E-state index is 0.256. The lowest BCUT2D eigenvalue weighted by atomic mass is 10.1. The molecule has 0 amide bonds. The Labute approximate surface area is 104 Å². The highest BCUT2D eigenvalue weighted by Crippen LogP contribution is 2.26. The van der Waals surface area contributed by atoms with Crippen LogP contribution in [0.15, 0.2) is 18.2 Å². The Bertz CT molecular complexity index is 436. The summed E-state index contributed by atoms with van der Waals surface area (Å²) >= 11 is 0. The van der Waals surface area contributed by atoms with Gasteiger partial charge in [0.1, 0.15) is 5.75 Å². The molecule has 2 nitrogen and oxygen atoms in total. The summed E-state index contributed by atoms with van der Waals surface area (Å²) in [6.07, 6.45) is -4.86. The van der Waals surface area contributed by atoms with E-state index in [0.29, 0.717) is 17.9 Å². The van der Waals surface area contributed by atoms with Crippen LogP contribution < -0.4 is 4.74 Å². The zero-order valence-corrected chi connectivity index (χ0v) is 10.5. The first-order valence-electron chi connectivity index (χ1n) is 5.56. The summed E-state index contributed by atoms with van der Waals surface area (Å²) in [5.74, 6) is -1.28. The lowest BCUT2D eigenvalue weighted by Crippen LogP contribution is -2.22. The molecule has 5 heteroatoms. The van der Waals surface area contributed by atoms with Gasteiger partial charge < -0.3 is 4.74 Å². The zero-order chi connectivity index (χ0) is 13.9. The van der Waals surface area contributed by atoms with Gasteiger partial charge >= 0.3 is 6.18 Å². The third kappa shape index (κ3) is 3.75. The molecule has 0 saturated heterocycles. The predicted molar refractivity (Wildman–Crippen MR) is 61.9 cm³/mol. The van der Waals surface area contributed by atoms with Crippen molar-refractivity contribution in [2.45, 2.75) is 26.9 Å². The molecule has 0 N–H and O–H groups in total. The van der Waals surface area contributed by atoms with Crippen LogP contribution in [0.2, 0.25) is 0 Å². The van der Waals surface area contributed by atoms with Gasteiger partial charge in [0.25, 0.3) is 5.78 Å². The van der Waals surface area contributed by atoms with Crippen LogP contribution in [0.1, 0.15) is 29.8 Å². The predicted octanol–water partition coefficient (Wildman–Crippen LogP) is 3.77. The lowest BCUT2D eigenvalue weighted by molar-refractivity contribution is -0.0885. The van der Waals surface area contributed by atoms with Crippen LogP contribution in [-0.4, -0.2) is 18.6 Å². The molecule has 0 radical (unpaired) electrons. The van der Waals surface area contributed by atoms with Gasteiger partial charge in [-0.1, -0.05) is 26.0 Å². The third-order valence-electron chi connectivity index (χ3n) is 2.28. The van der Waals surface area contributed by atoms with Crippen LogP contribution in [-0.2, 0) is 0 Å². The second-order valence-corrected chi connectivity index (χ2v) is 4.51. The summed E-state index contributed by atoms with van der Waals surface area (Å²) in [5.41, 5.74) is 0.307. The molecule has 100 valence electrons. The summed E-state index contributed by atoms with van der Waals surface area (Å²) in [5, 5.41) is 0. The van der Waals surface area contributed by atoms with Crippen LogP contribution >= 0.6 is 0 Å². The molecule has 18 heavy (non-hydrogen) atoms. The molecule has 0 saturated carbocycles. The molecule has 1 aromatic carbocycles. The topological polar surface area (TPSA) is 26.3 Å². The summed E-state index contributed by atoms with van der Waals surface area (Å²) in [6.45, 7) is 5.97. The van der Waals surface area contributed by atoms with E-state index in [2.05, 4.69) is 0 Å². The van der Waals surface area contributed by atoms with Gasteiger partial charge in [-0.25, -0.2) is 0 Å². The van der Waals surface area contributed by atoms with Crippen molar-refractivity contribution in [2.24, 2.45) is 5.92 Å². The molecule has 0 spiro atoms. The van der Waals surface area contributed by atoms with E-state index in [4.69, 9.17) is 4.74 Å². The lowest BCUT2D eigenvalue weighted by Gasteiger charge is -2.13. The van der Waals surface area contributed by atoms with Crippen molar-refractivity contribution in [1.82, 2.24) is 0 Å². The van der Waals surface area contributed by atoms with Gasteiger partial charge in [-0.3, -0.25) is 4.79 Å². The normalized spacial score (nSPS) is 11.7. The maximum Gasteiger partial charge on any atom is 0.454 e. The van der Waals surface area contributed by atoms with Gasteiger partial charge in [0.15, 0.2) is 0 Å². The van der Waals surface area contributed by atoms with Crippen LogP contribution in [0.25, 0.3) is 0 Å². The van der Waals surface area contributed by atoms with Crippen LogP contribution in [0.4, 0.5) is 13.2 Å². The van der Waals surface area contributed by atoms with E-state index < -0.39 is 17.5 Å². The third-order valence-corrected chi connectivity index (χ3v) is 2.28. The molecule has 0 aliphatic rings. The Balaban J connectivity index is 2.97. The SMILES string of the molecule is Cc1ccc(C(=O)C(F)(F)F)cc1OCC(C)C. The van der Waals surface area contributed by atoms with Crippen molar-refractivity contribution in [1.29, 1.82) is 0 Å². The molecule has 0 aliphatic carbocycles. The van der Waals surface area contributed by atoms with Crippen molar-refractivity contribution >= 4 is 5.78 Å². The molecule has 0 atom stereocenters. The maximum atomic E-state index is 12.3. The molecule has 0 fully saturated rings. The van der Waals surface area contributed by atoms with Crippen LogP contribution in [0.3, 0.4) is 0 Å². The van der Waals surface area contributed by atoms with E-state index in [1.165, 1.54) is 6.07 Å². The van der Waals surface area contributed by atoms with Crippen molar-refractivity contribution < 1.29 is 22.7 Å². The van der Waals surface area contributed by atoms with Crippen LogP contribution in [0.5, 0.6) is 5.75 Å². The van der Waals surface area contributed by atoms with Crippen LogP contribution in [0, 0.1) is 12.8 Å². The summed E-state index contributed by atoms with van der Waals surface area (Å²) < 4.78 is 42.3. The molecule has 0 bridgehead atoms. The number of carbonyl (C=O) groups is 1. The van der Waals surface area contributed by atoms with E-state index in [1.807, 2.05) is 13.8 Å². The number of benzene rings is 1. The standard InChI is InChI=1S/C13H15F3O2/c1-8(2)7-18-11-6-10(5-4-9(11)3)12(17)13(14,15)16/h4-6,8H,7H2,1-3H3. The summed E-state index contributed by atoms with van der Waals surface area (Å²) in [4.78, 5) is 11.1. The van der Waals surface area contributed by atoms with E-state index in [1.54, 1.807) is 6.92 Å². The molecule has 0 aliphatic heterocycles. The Hall–Kier alpha value is -1.52. The second-order valence-electron chi connectivity index (χ2n) is 4.51. The van der Waals surface area contributed by atoms with Crippen molar-refractivity contribution in [2.75, 3.05) is 6.61 Å². The fourth-order valence-electron chi connectivity index (χ4n) is 1.32. The number of ether oxygens (including phenoxy) is 1. The molecule has 1 rings (SSSR count). The largest absolute Gasteiger partial charge is 0.493 e. The average Bonchev–Trinajstić information content (AvgIpc) is 2.25. The first-order chi connectivity index (χ1) is 8.21. The minimum Gasteiger partial charge on any atom is -0.493 e. The Morgan fingerprint density at radius 1 is 1.33 bits per heavy atom. The highest BCUT2D eigenvalue weighted by Gasteiger charge is 2.39. The first-order valence-corrected chi connectivity index (χ1v) is 5.56. The van der Waals surface area contributed by atoms with Gasteiger partial charge in [0, 0.05) is 5.56 Å². The van der Waals surface area contributed by atoms with Crippen molar-refractivity contribution in [3.63, 3.8) is 0 Å². The van der Waals surface area contributed by atoms with E-state index in [9.17, 15) is 18.0 Å². The number of carbonyl (C=O) groups excluding carboxylic acids is 1. The Morgan fingerprint density at radius 2 is 1.94 bits per heavy atom. The minimum atomic E-state index is -4.86. The second kappa shape index (κ2) is 5.42. The number of rotatable bonds is 4. The summed E-state index contributed by atoms with van der Waals surface area (Å²) in [6, 6.07) is 3.76. The smallest absolute Gasteiger partial charge is 0.454 e. The van der Waals surface area contributed by atoms with Gasteiger partial charge in [0.2, 0.25) is 0 Å². The fraction of sp³-hybridized carbons (Fsp3) is 0.462. The first kappa shape index (κ1) is 14.5. The molecule has 1 aromatic rings. The monoisotopic (exact) mass is 260 g/mol. The Kier molecular flexibility index (Phi) is 4.38. The number of Topliss-reactive ketones (excluding diaryl/α,β-unsaturated/α-hetero) is 1. The number of aryl methyl sites for hydroxylation is 1.